The van der Waals surface area contributed by atoms with Crippen LogP contribution in [0, 0.1) is 12.3 Å². The van der Waals surface area contributed by atoms with E-state index in [2.05, 4.69) is 0 Å². The molecule has 1 aromatic heterocycles. The molecule has 0 saturated heterocycles. The van der Waals surface area contributed by atoms with Gasteiger partial charge in [0.25, 0.3) is 0 Å². The number of hydrogen-bond donors (Lipinski definition) is 0. The molecule has 0 aromatic carbocycles. The van der Waals surface area contributed by atoms with Crippen molar-refractivity contribution in [3.8, 4) is 0 Å². The van der Waals surface area contributed by atoms with Crippen LogP contribution in [0.5, 0.6) is 0 Å². The molecule has 0 radical (unpaired) electrons. The van der Waals surface area contributed by atoms with Gasteiger partial charge >= 0.3 is 0 Å². The number of carbonyl (C=O) groups excluding carboxylic acids is 1. The molecule has 1 aromatic rings. The fourth-order valence-electron chi connectivity index (χ4n) is 2.13. The molecule has 2 heteroatoms. The minimum Gasteiger partial charge on any atom is -0.458 e. The first-order valence-electron chi connectivity index (χ1n) is 4.35. The van der Waals surface area contributed by atoms with Crippen LogP contribution in [-0.2, 0) is 6.42 Å². The molecule has 1 fully saturated rings. The number of aryl methyl sites for hydroxylation is 1. The van der Waals surface area contributed by atoms with Crippen molar-refractivity contribution in [2.45, 2.75) is 26.2 Å². The highest BCUT2D eigenvalue weighted by atomic mass is 16.3. The fourth-order valence-corrected chi connectivity index (χ4v) is 2.13. The van der Waals surface area contributed by atoms with Crippen molar-refractivity contribution in [3.63, 3.8) is 0 Å². The summed E-state index contributed by atoms with van der Waals surface area (Å²) in [6.07, 6.45) is 3.06. The molecule has 1 spiro atoms. The van der Waals surface area contributed by atoms with E-state index in [1.54, 1.807) is 0 Å². The highest BCUT2D eigenvalue weighted by Gasteiger charge is 2.56. The minimum atomic E-state index is 0.00185. The fraction of sp³-hybridized carbons (Fsp3) is 0.500. The molecular formula is C10H10O2. The molecule has 62 valence electrons. The molecule has 2 nitrogen and oxygen atoms in total. The van der Waals surface area contributed by atoms with Crippen molar-refractivity contribution in [2.24, 2.45) is 5.41 Å². The van der Waals surface area contributed by atoms with Gasteiger partial charge in [-0.2, -0.15) is 0 Å². The first-order chi connectivity index (χ1) is 5.71. The number of rotatable bonds is 0. The van der Waals surface area contributed by atoms with Gasteiger partial charge in [0.05, 0.1) is 0 Å². The molecule has 0 aliphatic heterocycles. The molecule has 0 amide bonds. The van der Waals surface area contributed by atoms with E-state index in [0.29, 0.717) is 5.76 Å². The van der Waals surface area contributed by atoms with Crippen LogP contribution < -0.4 is 0 Å². The van der Waals surface area contributed by atoms with Crippen LogP contribution in [0.2, 0.25) is 0 Å². The number of hydrogen-bond acceptors (Lipinski definition) is 2. The van der Waals surface area contributed by atoms with Crippen molar-refractivity contribution >= 4 is 5.78 Å². The van der Waals surface area contributed by atoms with Gasteiger partial charge in [-0.1, -0.05) is 0 Å². The van der Waals surface area contributed by atoms with Crippen molar-refractivity contribution in [1.29, 1.82) is 0 Å². The number of carbonyl (C=O) groups is 1. The molecule has 2 aliphatic rings. The van der Waals surface area contributed by atoms with E-state index < -0.39 is 0 Å². The summed E-state index contributed by atoms with van der Waals surface area (Å²) >= 11 is 0. The van der Waals surface area contributed by atoms with Crippen LogP contribution in [0.1, 0.15) is 34.7 Å². The molecule has 0 bridgehead atoms. The maximum Gasteiger partial charge on any atom is 0.204 e. The maximum atomic E-state index is 11.7. The third kappa shape index (κ3) is 0.591. The van der Waals surface area contributed by atoms with E-state index in [-0.39, 0.29) is 11.2 Å². The first-order valence-corrected chi connectivity index (χ1v) is 4.35. The summed E-state index contributed by atoms with van der Waals surface area (Å²) in [6.45, 7) is 1.89. The Balaban J connectivity index is 2.16. The normalized spacial score (nSPS) is 23.2. The molecule has 3 rings (SSSR count). The van der Waals surface area contributed by atoms with Crippen LogP contribution in [0.25, 0.3) is 0 Å². The van der Waals surface area contributed by atoms with E-state index >= 15 is 0 Å². The Morgan fingerprint density at radius 2 is 2.25 bits per heavy atom. The SMILES string of the molecule is Cc1cc2c(o1)C(=O)C1(CC1)C2. The van der Waals surface area contributed by atoms with Crippen LogP contribution in [0.4, 0.5) is 0 Å². The lowest BCUT2D eigenvalue weighted by molar-refractivity contribution is 0.0892. The minimum absolute atomic E-state index is 0.00185. The standard InChI is InChI=1S/C10H10O2/c1-6-4-7-5-10(2-3-10)9(11)8(7)12-6/h4H,2-3,5H2,1H3. The summed E-state index contributed by atoms with van der Waals surface area (Å²) < 4.78 is 5.36. The second kappa shape index (κ2) is 1.65. The Morgan fingerprint density at radius 3 is 2.83 bits per heavy atom. The maximum absolute atomic E-state index is 11.7. The van der Waals surface area contributed by atoms with E-state index in [1.807, 2.05) is 13.0 Å². The third-order valence-corrected chi connectivity index (χ3v) is 3.00. The summed E-state index contributed by atoms with van der Waals surface area (Å²) in [5, 5.41) is 0. The van der Waals surface area contributed by atoms with Gasteiger partial charge in [-0.3, -0.25) is 4.79 Å². The van der Waals surface area contributed by atoms with Crippen molar-refractivity contribution in [2.75, 3.05) is 0 Å². The predicted molar refractivity (Wildman–Crippen MR) is 43.1 cm³/mol. The van der Waals surface area contributed by atoms with E-state index in [4.69, 9.17) is 4.42 Å². The Kier molecular flexibility index (Phi) is 0.891. The van der Waals surface area contributed by atoms with Gasteiger partial charge in [-0.25, -0.2) is 0 Å². The van der Waals surface area contributed by atoms with E-state index in [0.717, 1.165) is 30.6 Å². The van der Waals surface area contributed by atoms with Crippen molar-refractivity contribution < 1.29 is 9.21 Å². The smallest absolute Gasteiger partial charge is 0.204 e. The number of Topliss-reactive ketones (excluding diaryl/α,β-unsaturated/α-hetero) is 1. The lowest BCUT2D eigenvalue weighted by Crippen LogP contribution is -2.08. The largest absolute Gasteiger partial charge is 0.458 e. The monoisotopic (exact) mass is 162 g/mol. The van der Waals surface area contributed by atoms with E-state index in [9.17, 15) is 4.79 Å². The molecule has 1 heterocycles. The van der Waals surface area contributed by atoms with E-state index in [1.165, 1.54) is 0 Å². The molecule has 0 atom stereocenters. The zero-order chi connectivity index (χ0) is 8.34. The quantitative estimate of drug-likeness (QED) is 0.584. The van der Waals surface area contributed by atoms with Crippen LogP contribution in [0.3, 0.4) is 0 Å². The average Bonchev–Trinajstić information content (AvgIpc) is 2.64. The number of furan rings is 1. The van der Waals surface area contributed by atoms with Gasteiger partial charge in [0.2, 0.25) is 5.78 Å². The lowest BCUT2D eigenvalue weighted by Gasteiger charge is -1.99. The second-order valence-corrected chi connectivity index (χ2v) is 4.00. The Labute approximate surface area is 70.6 Å². The number of ketones is 1. The average molecular weight is 162 g/mol. The van der Waals surface area contributed by atoms with Crippen LogP contribution in [0.15, 0.2) is 10.5 Å². The van der Waals surface area contributed by atoms with Crippen molar-refractivity contribution in [3.05, 3.63) is 23.2 Å². The second-order valence-electron chi connectivity index (χ2n) is 4.00. The van der Waals surface area contributed by atoms with Gasteiger partial charge in [0.15, 0.2) is 5.76 Å². The molecule has 0 unspecified atom stereocenters. The Morgan fingerprint density at radius 1 is 1.50 bits per heavy atom. The van der Waals surface area contributed by atoms with Crippen LogP contribution >= 0.6 is 0 Å². The summed E-state index contributed by atoms with van der Waals surface area (Å²) in [4.78, 5) is 11.7. The highest BCUT2D eigenvalue weighted by molar-refractivity contribution is 6.04. The molecule has 0 N–H and O–H groups in total. The third-order valence-electron chi connectivity index (χ3n) is 3.00. The predicted octanol–water partition coefficient (Wildman–Crippen LogP) is 2.11. The first kappa shape index (κ1) is 6.46. The lowest BCUT2D eigenvalue weighted by atomic mass is 10.0. The molecule has 2 aliphatic carbocycles. The Hall–Kier alpha value is -1.05. The molecule has 12 heavy (non-hydrogen) atoms. The summed E-state index contributed by atoms with van der Waals surface area (Å²) in [5.41, 5.74) is 1.14. The van der Waals surface area contributed by atoms with Crippen molar-refractivity contribution in [1.82, 2.24) is 0 Å². The zero-order valence-corrected chi connectivity index (χ0v) is 7.02. The molecular weight excluding hydrogens is 152 g/mol. The zero-order valence-electron chi connectivity index (χ0n) is 7.02. The van der Waals surface area contributed by atoms with Gasteiger partial charge in [-0.05, 0) is 32.3 Å². The topological polar surface area (TPSA) is 30.2 Å². The van der Waals surface area contributed by atoms with Gasteiger partial charge < -0.3 is 4.42 Å². The molecule has 1 saturated carbocycles. The highest BCUT2D eigenvalue weighted by Crippen LogP contribution is 2.55. The van der Waals surface area contributed by atoms with Gasteiger partial charge in [0.1, 0.15) is 5.76 Å². The summed E-state index contributed by atoms with van der Waals surface area (Å²) in [6, 6.07) is 2.00. The summed E-state index contributed by atoms with van der Waals surface area (Å²) in [7, 11) is 0. The van der Waals surface area contributed by atoms with Gasteiger partial charge in [-0.15, -0.1) is 0 Å². The van der Waals surface area contributed by atoms with Crippen LogP contribution in [-0.4, -0.2) is 5.78 Å². The summed E-state index contributed by atoms with van der Waals surface area (Å²) in [5.74, 6) is 1.76. The van der Waals surface area contributed by atoms with Gasteiger partial charge in [0, 0.05) is 11.0 Å². The Bertz CT molecular complexity index is 369. The number of fused-ring (bicyclic) bond motifs is 1.